The lowest BCUT2D eigenvalue weighted by Gasteiger charge is -2.32. The molecular formula is C18H19NO4. The van der Waals surface area contributed by atoms with Crippen LogP contribution in [0.25, 0.3) is 0 Å². The van der Waals surface area contributed by atoms with Gasteiger partial charge in [-0.15, -0.1) is 0 Å². The van der Waals surface area contributed by atoms with Crippen LogP contribution in [-0.4, -0.2) is 36.5 Å². The Morgan fingerprint density at radius 3 is 2.74 bits per heavy atom. The van der Waals surface area contributed by atoms with E-state index < -0.39 is 5.97 Å². The van der Waals surface area contributed by atoms with E-state index in [0.29, 0.717) is 18.7 Å². The number of likely N-dealkylation sites (tertiary alicyclic amines) is 1. The second-order valence-corrected chi connectivity index (χ2v) is 5.70. The molecule has 3 rings (SSSR count). The van der Waals surface area contributed by atoms with Gasteiger partial charge in [-0.2, -0.15) is 0 Å². The lowest BCUT2D eigenvalue weighted by Crippen LogP contribution is -2.41. The molecule has 1 aromatic carbocycles. The molecule has 2 aromatic rings. The highest BCUT2D eigenvalue weighted by atomic mass is 16.5. The van der Waals surface area contributed by atoms with Crippen molar-refractivity contribution in [2.75, 3.05) is 19.7 Å². The number of hydrogen-bond acceptors (Lipinski definition) is 4. The molecule has 5 nitrogen and oxygen atoms in total. The summed E-state index contributed by atoms with van der Waals surface area (Å²) in [5.41, 5.74) is 0.695. The Morgan fingerprint density at radius 2 is 2.00 bits per heavy atom. The minimum Gasteiger partial charge on any atom is -0.459 e. The molecule has 1 fully saturated rings. The largest absolute Gasteiger partial charge is 0.459 e. The summed E-state index contributed by atoms with van der Waals surface area (Å²) >= 11 is 0. The van der Waals surface area contributed by atoms with Crippen LogP contribution < -0.4 is 0 Å². The van der Waals surface area contributed by atoms with Gasteiger partial charge < -0.3 is 14.1 Å². The van der Waals surface area contributed by atoms with Gasteiger partial charge in [0.25, 0.3) is 5.91 Å². The summed E-state index contributed by atoms with van der Waals surface area (Å²) in [6.07, 6.45) is 3.31. The predicted molar refractivity (Wildman–Crippen MR) is 84.1 cm³/mol. The van der Waals surface area contributed by atoms with E-state index in [4.69, 9.17) is 9.15 Å². The number of rotatable bonds is 4. The number of furan rings is 1. The van der Waals surface area contributed by atoms with Crippen molar-refractivity contribution in [1.82, 2.24) is 4.90 Å². The molecule has 0 radical (unpaired) electrons. The van der Waals surface area contributed by atoms with Crippen LogP contribution in [0.3, 0.4) is 0 Å². The minimum atomic E-state index is -0.457. The van der Waals surface area contributed by atoms with Crippen LogP contribution in [0.5, 0.6) is 0 Å². The Bertz CT molecular complexity index is 651. The zero-order valence-corrected chi connectivity index (χ0v) is 12.8. The zero-order chi connectivity index (χ0) is 16.1. The Balaban J connectivity index is 1.54. The van der Waals surface area contributed by atoms with Gasteiger partial charge in [-0.3, -0.25) is 4.79 Å². The number of hydrogen-bond donors (Lipinski definition) is 0. The Kier molecular flexibility index (Phi) is 4.76. The molecule has 0 bridgehead atoms. The summed E-state index contributed by atoms with van der Waals surface area (Å²) in [6, 6.07) is 12.5. The van der Waals surface area contributed by atoms with Gasteiger partial charge in [-0.1, -0.05) is 18.2 Å². The highest BCUT2D eigenvalue weighted by Gasteiger charge is 2.25. The van der Waals surface area contributed by atoms with Crippen LogP contribution in [0.1, 0.15) is 33.8 Å². The van der Waals surface area contributed by atoms with Gasteiger partial charge in [0.15, 0.2) is 0 Å². The molecule has 1 aliphatic rings. The Hall–Kier alpha value is -2.56. The molecule has 2 heterocycles. The molecule has 5 heteroatoms. The molecule has 120 valence electrons. The zero-order valence-electron chi connectivity index (χ0n) is 12.8. The number of ether oxygens (including phenoxy) is 1. The number of carbonyl (C=O) groups excluding carboxylic acids is 2. The second kappa shape index (κ2) is 7.13. The number of benzene rings is 1. The monoisotopic (exact) mass is 313 g/mol. The fraction of sp³-hybridized carbons (Fsp3) is 0.333. The smallest absolute Gasteiger partial charge is 0.374 e. The molecule has 1 aromatic heterocycles. The first-order valence-corrected chi connectivity index (χ1v) is 7.79. The topological polar surface area (TPSA) is 59.8 Å². The predicted octanol–water partition coefficient (Wildman–Crippen LogP) is 2.99. The van der Waals surface area contributed by atoms with E-state index >= 15 is 0 Å². The molecule has 0 N–H and O–H groups in total. The molecule has 0 saturated carbocycles. The van der Waals surface area contributed by atoms with E-state index in [1.807, 2.05) is 35.2 Å². The fourth-order valence-corrected chi connectivity index (χ4v) is 2.81. The van der Waals surface area contributed by atoms with Gasteiger partial charge in [0.05, 0.1) is 12.9 Å². The highest BCUT2D eigenvalue weighted by molar-refractivity contribution is 5.94. The minimum absolute atomic E-state index is 0.0349. The van der Waals surface area contributed by atoms with Gasteiger partial charge >= 0.3 is 5.97 Å². The molecular weight excluding hydrogens is 294 g/mol. The summed E-state index contributed by atoms with van der Waals surface area (Å²) in [4.78, 5) is 26.1. The summed E-state index contributed by atoms with van der Waals surface area (Å²) in [5.74, 6) is -0.0532. The first-order valence-electron chi connectivity index (χ1n) is 7.79. The van der Waals surface area contributed by atoms with Crippen molar-refractivity contribution in [3.8, 4) is 0 Å². The van der Waals surface area contributed by atoms with Crippen molar-refractivity contribution in [1.29, 1.82) is 0 Å². The van der Waals surface area contributed by atoms with Crippen LogP contribution in [0, 0.1) is 5.92 Å². The van der Waals surface area contributed by atoms with E-state index in [1.54, 1.807) is 12.1 Å². The lowest BCUT2D eigenvalue weighted by atomic mass is 9.98. The SMILES string of the molecule is O=C(OC[C@@H]1CCCN(C(=O)c2ccccc2)C1)c1ccco1. The maximum absolute atomic E-state index is 12.5. The number of carbonyl (C=O) groups is 2. The first kappa shape index (κ1) is 15.3. The third-order valence-electron chi connectivity index (χ3n) is 4.00. The van der Waals surface area contributed by atoms with E-state index in [-0.39, 0.29) is 17.6 Å². The number of esters is 1. The van der Waals surface area contributed by atoms with Crippen molar-refractivity contribution in [2.24, 2.45) is 5.92 Å². The average molecular weight is 313 g/mol. The van der Waals surface area contributed by atoms with Crippen molar-refractivity contribution < 1.29 is 18.7 Å². The van der Waals surface area contributed by atoms with E-state index in [9.17, 15) is 9.59 Å². The van der Waals surface area contributed by atoms with Crippen LogP contribution in [0.15, 0.2) is 53.1 Å². The number of piperidine rings is 1. The van der Waals surface area contributed by atoms with Crippen LogP contribution in [0.4, 0.5) is 0 Å². The molecule has 1 aliphatic heterocycles. The first-order chi connectivity index (χ1) is 11.2. The lowest BCUT2D eigenvalue weighted by molar-refractivity contribution is 0.0313. The van der Waals surface area contributed by atoms with Crippen LogP contribution >= 0.6 is 0 Å². The van der Waals surface area contributed by atoms with Crippen molar-refractivity contribution >= 4 is 11.9 Å². The van der Waals surface area contributed by atoms with E-state index in [2.05, 4.69) is 0 Å². The Labute approximate surface area is 134 Å². The van der Waals surface area contributed by atoms with Crippen molar-refractivity contribution in [3.05, 3.63) is 60.1 Å². The third kappa shape index (κ3) is 3.80. The summed E-state index contributed by atoms with van der Waals surface area (Å²) < 4.78 is 10.3. The molecule has 1 atom stereocenters. The van der Waals surface area contributed by atoms with Gasteiger partial charge in [-0.05, 0) is 37.1 Å². The summed E-state index contributed by atoms with van der Waals surface area (Å²) in [7, 11) is 0. The maximum Gasteiger partial charge on any atom is 0.374 e. The highest BCUT2D eigenvalue weighted by Crippen LogP contribution is 2.19. The summed E-state index contributed by atoms with van der Waals surface area (Å²) in [5, 5.41) is 0. The molecule has 1 amide bonds. The van der Waals surface area contributed by atoms with Gasteiger partial charge in [0.1, 0.15) is 0 Å². The third-order valence-corrected chi connectivity index (χ3v) is 4.00. The van der Waals surface area contributed by atoms with E-state index in [0.717, 1.165) is 19.4 Å². The van der Waals surface area contributed by atoms with Crippen molar-refractivity contribution in [3.63, 3.8) is 0 Å². The molecule has 0 unspecified atom stereocenters. The van der Waals surface area contributed by atoms with Crippen molar-refractivity contribution in [2.45, 2.75) is 12.8 Å². The maximum atomic E-state index is 12.5. The molecule has 0 spiro atoms. The van der Waals surface area contributed by atoms with Crippen LogP contribution in [0.2, 0.25) is 0 Å². The molecule has 23 heavy (non-hydrogen) atoms. The number of nitrogens with zero attached hydrogens (tertiary/aromatic N) is 1. The fourth-order valence-electron chi connectivity index (χ4n) is 2.81. The standard InChI is InChI=1S/C18H19NO4/c20-17(15-7-2-1-3-8-15)19-10-4-6-14(12-19)13-23-18(21)16-9-5-11-22-16/h1-3,5,7-9,11,14H,4,6,10,12-13H2/t14-/m1/s1. The number of amides is 1. The summed E-state index contributed by atoms with van der Waals surface area (Å²) in [6.45, 7) is 1.66. The van der Waals surface area contributed by atoms with Gasteiger partial charge in [0.2, 0.25) is 5.76 Å². The second-order valence-electron chi connectivity index (χ2n) is 5.70. The Morgan fingerprint density at radius 1 is 1.17 bits per heavy atom. The van der Waals surface area contributed by atoms with E-state index in [1.165, 1.54) is 6.26 Å². The van der Waals surface area contributed by atoms with Gasteiger partial charge in [-0.25, -0.2) is 4.79 Å². The molecule has 0 aliphatic carbocycles. The average Bonchev–Trinajstić information content (AvgIpc) is 3.15. The normalized spacial score (nSPS) is 17.7. The molecule has 1 saturated heterocycles. The van der Waals surface area contributed by atoms with Crippen LogP contribution in [-0.2, 0) is 4.74 Å². The quantitative estimate of drug-likeness (QED) is 0.814. The van der Waals surface area contributed by atoms with Gasteiger partial charge in [0, 0.05) is 24.6 Å².